The van der Waals surface area contributed by atoms with E-state index in [0.29, 0.717) is 58.0 Å². The lowest BCUT2D eigenvalue weighted by Crippen LogP contribution is -2.24. The van der Waals surface area contributed by atoms with Crippen LogP contribution >= 0.6 is 0 Å². The molecule has 210 valence electrons. The van der Waals surface area contributed by atoms with Crippen LogP contribution in [0, 0.1) is 11.6 Å². The number of hydrogen-bond donors (Lipinski definition) is 0. The Balaban J connectivity index is 1.45. The summed E-state index contributed by atoms with van der Waals surface area (Å²) in [6.07, 6.45) is 3.69. The minimum Gasteiger partial charge on any atom is -0.493 e. The lowest BCUT2D eigenvalue weighted by Gasteiger charge is -2.19. The average Bonchev–Trinajstić information content (AvgIpc) is 3.29. The van der Waals surface area contributed by atoms with Gasteiger partial charge in [-0.15, -0.1) is 0 Å². The molecule has 41 heavy (non-hydrogen) atoms. The monoisotopic (exact) mass is 560 g/mol. The van der Waals surface area contributed by atoms with E-state index in [1.54, 1.807) is 42.1 Å². The minimum absolute atomic E-state index is 0.126. The maximum Gasteiger partial charge on any atom is 0.279 e. The van der Waals surface area contributed by atoms with Gasteiger partial charge in [0.2, 0.25) is 5.88 Å². The van der Waals surface area contributed by atoms with E-state index in [9.17, 15) is 13.6 Å². The second-order valence-electron chi connectivity index (χ2n) is 9.49. The summed E-state index contributed by atoms with van der Waals surface area (Å²) in [5, 5.41) is 0.595. The molecule has 6 rings (SSSR count). The molecule has 0 radical (unpaired) electrons. The molecule has 0 fully saturated rings. The maximum atomic E-state index is 14.8. The molecule has 1 aliphatic rings. The predicted octanol–water partition coefficient (Wildman–Crippen LogP) is 5.68. The van der Waals surface area contributed by atoms with Gasteiger partial charge in [0.1, 0.15) is 23.6 Å². The summed E-state index contributed by atoms with van der Waals surface area (Å²) in [5.74, 6) is 0.685. The average molecular weight is 561 g/mol. The Morgan fingerprint density at radius 2 is 1.59 bits per heavy atom. The second kappa shape index (κ2) is 10.6. The maximum absolute atomic E-state index is 14.8. The van der Waals surface area contributed by atoms with Crippen molar-refractivity contribution in [3.05, 3.63) is 82.5 Å². The summed E-state index contributed by atoms with van der Waals surface area (Å²) in [5.41, 5.74) is 1.75. The van der Waals surface area contributed by atoms with Gasteiger partial charge in [-0.25, -0.2) is 23.4 Å². The molecular formula is C30H26F2N4O5. The molecule has 3 aromatic carbocycles. The van der Waals surface area contributed by atoms with Crippen molar-refractivity contribution in [2.45, 2.75) is 25.8 Å². The third-order valence-electron chi connectivity index (χ3n) is 7.18. The molecule has 2 aromatic heterocycles. The normalized spacial score (nSPS) is 12.7. The Labute approximate surface area is 233 Å². The van der Waals surface area contributed by atoms with Crippen LogP contribution in [0.4, 0.5) is 8.78 Å². The lowest BCUT2D eigenvalue weighted by molar-refractivity contribution is 0.355. The smallest absolute Gasteiger partial charge is 0.279 e. The van der Waals surface area contributed by atoms with Gasteiger partial charge in [-0.3, -0.25) is 9.48 Å². The minimum atomic E-state index is -0.682. The molecule has 0 bridgehead atoms. The van der Waals surface area contributed by atoms with Gasteiger partial charge < -0.3 is 18.9 Å². The molecule has 0 saturated carbocycles. The fourth-order valence-corrected chi connectivity index (χ4v) is 5.26. The standard InChI is InChI=1S/C30H26F2N4O5/c1-38-25-12-17(7-10-24(25)41-29-19-14-26(39-2)27(40-3)15-21(19)33-16-34-29)28-22-6-4-5-11-35(22)36(30(28)37)23-13-18(31)8-9-20(23)32/h7-10,12-16H,4-6,11H2,1-3H3. The number of aromatic nitrogens is 4. The van der Waals surface area contributed by atoms with E-state index in [2.05, 4.69) is 9.97 Å². The topological polar surface area (TPSA) is 89.6 Å². The third kappa shape index (κ3) is 4.52. The molecule has 0 unspecified atom stereocenters. The Morgan fingerprint density at radius 1 is 0.829 bits per heavy atom. The Hall–Kier alpha value is -4.93. The highest BCUT2D eigenvalue weighted by Crippen LogP contribution is 2.40. The first-order valence-electron chi connectivity index (χ1n) is 13.0. The van der Waals surface area contributed by atoms with E-state index in [-0.39, 0.29) is 11.6 Å². The van der Waals surface area contributed by atoms with Crippen LogP contribution in [-0.2, 0) is 13.0 Å². The number of rotatable bonds is 7. The van der Waals surface area contributed by atoms with Crippen LogP contribution < -0.4 is 24.5 Å². The fourth-order valence-electron chi connectivity index (χ4n) is 5.26. The first-order valence-corrected chi connectivity index (χ1v) is 13.0. The molecule has 0 spiro atoms. The van der Waals surface area contributed by atoms with Crippen molar-refractivity contribution in [2.75, 3.05) is 21.3 Å². The summed E-state index contributed by atoms with van der Waals surface area (Å²) in [4.78, 5) is 22.4. The summed E-state index contributed by atoms with van der Waals surface area (Å²) >= 11 is 0. The summed E-state index contributed by atoms with van der Waals surface area (Å²) < 4.78 is 54.5. The number of ether oxygens (including phenoxy) is 4. The zero-order valence-electron chi connectivity index (χ0n) is 22.6. The molecule has 0 N–H and O–H groups in total. The highest BCUT2D eigenvalue weighted by molar-refractivity contribution is 5.87. The van der Waals surface area contributed by atoms with Crippen LogP contribution in [0.2, 0.25) is 0 Å². The zero-order chi connectivity index (χ0) is 28.7. The Bertz CT molecular complexity index is 1850. The molecule has 0 aliphatic carbocycles. The molecule has 0 amide bonds. The molecule has 9 nitrogen and oxygen atoms in total. The molecule has 0 atom stereocenters. The first kappa shape index (κ1) is 26.3. The molecule has 11 heteroatoms. The van der Waals surface area contributed by atoms with Crippen molar-refractivity contribution >= 4 is 10.9 Å². The lowest BCUT2D eigenvalue weighted by atomic mass is 10.0. The highest BCUT2D eigenvalue weighted by atomic mass is 19.1. The van der Waals surface area contributed by atoms with Crippen LogP contribution in [0.3, 0.4) is 0 Å². The van der Waals surface area contributed by atoms with E-state index in [1.165, 1.54) is 25.2 Å². The quantitative estimate of drug-likeness (QED) is 0.253. The highest BCUT2D eigenvalue weighted by Gasteiger charge is 2.26. The van der Waals surface area contributed by atoms with Gasteiger partial charge in [-0.2, -0.15) is 0 Å². The molecule has 1 aliphatic heterocycles. The van der Waals surface area contributed by atoms with Crippen molar-refractivity contribution in [3.8, 4) is 45.7 Å². The largest absolute Gasteiger partial charge is 0.493 e. The van der Waals surface area contributed by atoms with E-state index in [0.717, 1.165) is 36.7 Å². The van der Waals surface area contributed by atoms with Gasteiger partial charge in [0, 0.05) is 24.4 Å². The molecule has 3 heterocycles. The van der Waals surface area contributed by atoms with E-state index in [4.69, 9.17) is 18.9 Å². The number of methoxy groups -OCH3 is 3. The van der Waals surface area contributed by atoms with E-state index >= 15 is 0 Å². The first-order chi connectivity index (χ1) is 19.9. The Kier molecular flexibility index (Phi) is 6.78. The summed E-state index contributed by atoms with van der Waals surface area (Å²) in [6.45, 7) is 0.508. The van der Waals surface area contributed by atoms with Gasteiger partial charge in [0.15, 0.2) is 23.0 Å². The van der Waals surface area contributed by atoms with Gasteiger partial charge >= 0.3 is 0 Å². The van der Waals surface area contributed by atoms with Crippen LogP contribution in [-0.4, -0.2) is 40.7 Å². The van der Waals surface area contributed by atoms with Crippen LogP contribution in [0.15, 0.2) is 59.7 Å². The van der Waals surface area contributed by atoms with Gasteiger partial charge in [-0.05, 0) is 55.2 Å². The van der Waals surface area contributed by atoms with E-state index < -0.39 is 17.2 Å². The van der Waals surface area contributed by atoms with Gasteiger partial charge in [0.25, 0.3) is 5.56 Å². The van der Waals surface area contributed by atoms with Crippen molar-refractivity contribution in [1.29, 1.82) is 0 Å². The van der Waals surface area contributed by atoms with Gasteiger partial charge in [-0.1, -0.05) is 6.07 Å². The number of halogens is 2. The van der Waals surface area contributed by atoms with Crippen LogP contribution in [0.25, 0.3) is 27.7 Å². The third-order valence-corrected chi connectivity index (χ3v) is 7.18. The van der Waals surface area contributed by atoms with E-state index in [1.807, 2.05) is 0 Å². The molecular weight excluding hydrogens is 534 g/mol. The summed E-state index contributed by atoms with van der Waals surface area (Å²) in [6, 6.07) is 11.7. The van der Waals surface area contributed by atoms with Crippen molar-refractivity contribution < 1.29 is 27.7 Å². The molecule has 5 aromatic rings. The van der Waals surface area contributed by atoms with Gasteiger partial charge in [0.05, 0.1) is 37.8 Å². The summed E-state index contributed by atoms with van der Waals surface area (Å²) in [7, 11) is 4.57. The van der Waals surface area contributed by atoms with Crippen LogP contribution in [0.1, 0.15) is 18.5 Å². The second-order valence-corrected chi connectivity index (χ2v) is 9.49. The number of benzene rings is 3. The van der Waals surface area contributed by atoms with Crippen molar-refractivity contribution in [2.24, 2.45) is 0 Å². The predicted molar refractivity (Wildman–Crippen MR) is 148 cm³/mol. The number of fused-ring (bicyclic) bond motifs is 2. The fraction of sp³-hybridized carbons (Fsp3) is 0.233. The van der Waals surface area contributed by atoms with Crippen LogP contribution in [0.5, 0.6) is 28.9 Å². The van der Waals surface area contributed by atoms with Crippen molar-refractivity contribution in [1.82, 2.24) is 19.3 Å². The SMILES string of the molecule is COc1cc2ncnc(Oc3ccc(-c4c5n(n(-c6cc(F)ccc6F)c4=O)CCCC5)cc3OC)c2cc1OC. The molecule has 0 saturated heterocycles. The number of hydrogen-bond acceptors (Lipinski definition) is 7. The zero-order valence-corrected chi connectivity index (χ0v) is 22.6. The Morgan fingerprint density at radius 3 is 2.37 bits per heavy atom. The van der Waals surface area contributed by atoms with Crippen molar-refractivity contribution in [3.63, 3.8) is 0 Å². The number of nitrogens with zero attached hydrogens (tertiary/aromatic N) is 4.